The van der Waals surface area contributed by atoms with Crippen LogP contribution in [0.5, 0.6) is 17.2 Å². The number of anilines is 1. The highest BCUT2D eigenvalue weighted by Crippen LogP contribution is 2.38. The minimum atomic E-state index is -4.57. The van der Waals surface area contributed by atoms with Gasteiger partial charge in [-0.2, -0.15) is 13.2 Å². The van der Waals surface area contributed by atoms with E-state index in [-0.39, 0.29) is 24.7 Å². The summed E-state index contributed by atoms with van der Waals surface area (Å²) < 4.78 is 60.7. The van der Waals surface area contributed by atoms with E-state index in [0.29, 0.717) is 41.7 Å². The minimum Gasteiger partial charge on any atom is -0.489 e. The maximum atomic E-state index is 13.1. The number of benzene rings is 2. The summed E-state index contributed by atoms with van der Waals surface area (Å²) in [5.74, 6) is 0.342. The number of carbonyl (C=O) groups is 1. The van der Waals surface area contributed by atoms with Gasteiger partial charge in [0.15, 0.2) is 11.5 Å². The van der Waals surface area contributed by atoms with Crippen molar-refractivity contribution >= 4 is 29.3 Å². The predicted molar refractivity (Wildman–Crippen MR) is 114 cm³/mol. The molecule has 0 aliphatic carbocycles. The van der Waals surface area contributed by atoms with E-state index in [9.17, 15) is 18.0 Å². The third-order valence-electron chi connectivity index (χ3n) is 4.36. The van der Waals surface area contributed by atoms with Gasteiger partial charge in [0.05, 0.1) is 36.1 Å². The minimum absolute atomic E-state index is 0.0930. The molecule has 1 amide bonds. The normalized spacial score (nSPS) is 13.7. The molecule has 1 heterocycles. The molecule has 0 bridgehead atoms. The van der Waals surface area contributed by atoms with Crippen molar-refractivity contribution in [1.29, 1.82) is 0 Å². The van der Waals surface area contributed by atoms with Crippen LogP contribution in [0.15, 0.2) is 36.4 Å². The number of hydrogen-bond donors (Lipinski definition) is 1. The molecular formula is C22H21ClF3NO5. The summed E-state index contributed by atoms with van der Waals surface area (Å²) in [5.41, 5.74) is -0.456. The maximum absolute atomic E-state index is 13.1. The molecule has 0 unspecified atom stereocenters. The monoisotopic (exact) mass is 471 g/mol. The number of hydrogen-bond acceptors (Lipinski definition) is 5. The summed E-state index contributed by atoms with van der Waals surface area (Å²) >= 11 is 6.23. The molecule has 0 spiro atoms. The Morgan fingerprint density at radius 1 is 1.19 bits per heavy atom. The van der Waals surface area contributed by atoms with Gasteiger partial charge in [-0.15, -0.1) is 0 Å². The van der Waals surface area contributed by atoms with E-state index in [1.54, 1.807) is 12.1 Å². The molecule has 1 aliphatic heterocycles. The number of amides is 1. The molecule has 2 aromatic carbocycles. The van der Waals surface area contributed by atoms with Crippen molar-refractivity contribution < 1.29 is 36.9 Å². The molecule has 0 saturated carbocycles. The highest BCUT2D eigenvalue weighted by Gasteiger charge is 2.31. The second kappa shape index (κ2) is 10.6. The Bertz CT molecular complexity index is 994. The second-order valence-corrected chi connectivity index (χ2v) is 7.16. The highest BCUT2D eigenvalue weighted by atomic mass is 35.5. The van der Waals surface area contributed by atoms with Crippen molar-refractivity contribution in [3.8, 4) is 17.2 Å². The summed E-state index contributed by atoms with van der Waals surface area (Å²) in [4.78, 5) is 12.4. The Morgan fingerprint density at radius 3 is 2.72 bits per heavy atom. The molecule has 3 rings (SSSR count). The topological polar surface area (TPSA) is 66.0 Å². The van der Waals surface area contributed by atoms with E-state index in [0.717, 1.165) is 18.2 Å². The van der Waals surface area contributed by atoms with Gasteiger partial charge in [0.1, 0.15) is 12.4 Å². The van der Waals surface area contributed by atoms with Gasteiger partial charge in [-0.25, -0.2) is 0 Å². The molecule has 10 heteroatoms. The van der Waals surface area contributed by atoms with E-state index in [1.165, 1.54) is 19.3 Å². The number of ether oxygens (including phenoxy) is 4. The van der Waals surface area contributed by atoms with Crippen LogP contribution < -0.4 is 19.5 Å². The fourth-order valence-electron chi connectivity index (χ4n) is 2.86. The quantitative estimate of drug-likeness (QED) is 0.444. The van der Waals surface area contributed by atoms with Crippen LogP contribution in [-0.4, -0.2) is 39.4 Å². The van der Waals surface area contributed by atoms with Crippen LogP contribution in [0.3, 0.4) is 0 Å². The van der Waals surface area contributed by atoms with Gasteiger partial charge in [-0.1, -0.05) is 11.6 Å². The summed E-state index contributed by atoms with van der Waals surface area (Å²) in [6.07, 6.45) is -1.21. The SMILES string of the molecule is COCCOc1ccc(C(F)(F)F)cc1NC(=O)C=Cc1cc(Cl)c2c(c1)OCCCO2. The van der Waals surface area contributed by atoms with Crippen LogP contribution in [0.25, 0.3) is 6.08 Å². The zero-order valence-corrected chi connectivity index (χ0v) is 17.9. The molecule has 1 N–H and O–H groups in total. The summed E-state index contributed by atoms with van der Waals surface area (Å²) in [5, 5.41) is 2.76. The number of nitrogens with one attached hydrogen (secondary N) is 1. The van der Waals surface area contributed by atoms with E-state index >= 15 is 0 Å². The fourth-order valence-corrected chi connectivity index (χ4v) is 3.13. The third-order valence-corrected chi connectivity index (χ3v) is 4.64. The van der Waals surface area contributed by atoms with Crippen LogP contribution in [0.1, 0.15) is 17.5 Å². The van der Waals surface area contributed by atoms with Gasteiger partial charge >= 0.3 is 6.18 Å². The van der Waals surface area contributed by atoms with Crippen LogP contribution in [0.2, 0.25) is 5.02 Å². The van der Waals surface area contributed by atoms with Crippen LogP contribution in [0, 0.1) is 0 Å². The average molecular weight is 472 g/mol. The first-order valence-electron chi connectivity index (χ1n) is 9.69. The van der Waals surface area contributed by atoms with E-state index < -0.39 is 17.6 Å². The molecule has 6 nitrogen and oxygen atoms in total. The molecule has 0 saturated heterocycles. The molecule has 0 atom stereocenters. The highest BCUT2D eigenvalue weighted by molar-refractivity contribution is 6.32. The first kappa shape index (κ1) is 23.7. The smallest absolute Gasteiger partial charge is 0.416 e. The van der Waals surface area contributed by atoms with E-state index in [2.05, 4.69) is 5.32 Å². The third kappa shape index (κ3) is 6.30. The Kier molecular flexibility index (Phi) is 7.87. The van der Waals surface area contributed by atoms with Crippen molar-refractivity contribution in [2.75, 3.05) is 38.9 Å². The zero-order valence-electron chi connectivity index (χ0n) is 17.1. The lowest BCUT2D eigenvalue weighted by Gasteiger charge is -2.14. The molecule has 0 aromatic heterocycles. The fraction of sp³-hybridized carbons (Fsp3) is 0.318. The van der Waals surface area contributed by atoms with Gasteiger partial charge < -0.3 is 24.3 Å². The van der Waals surface area contributed by atoms with Gasteiger partial charge in [0.25, 0.3) is 0 Å². The number of methoxy groups -OCH3 is 1. The van der Waals surface area contributed by atoms with E-state index in [4.69, 9.17) is 30.5 Å². The first-order valence-corrected chi connectivity index (χ1v) is 10.1. The van der Waals surface area contributed by atoms with Gasteiger partial charge in [-0.3, -0.25) is 4.79 Å². The lowest BCUT2D eigenvalue weighted by atomic mass is 10.1. The molecular weight excluding hydrogens is 451 g/mol. The van der Waals surface area contributed by atoms with Crippen molar-refractivity contribution in [3.63, 3.8) is 0 Å². The van der Waals surface area contributed by atoms with Gasteiger partial charge in [0.2, 0.25) is 5.91 Å². The van der Waals surface area contributed by atoms with E-state index in [1.807, 2.05) is 0 Å². The molecule has 1 aliphatic rings. The molecule has 0 fully saturated rings. The Morgan fingerprint density at radius 2 is 1.97 bits per heavy atom. The molecule has 2 aromatic rings. The van der Waals surface area contributed by atoms with Crippen LogP contribution >= 0.6 is 11.6 Å². The first-order chi connectivity index (χ1) is 15.3. The van der Waals surface area contributed by atoms with Crippen molar-refractivity contribution in [3.05, 3.63) is 52.6 Å². The number of rotatable bonds is 7. The molecule has 32 heavy (non-hydrogen) atoms. The summed E-state index contributed by atoms with van der Waals surface area (Å²) in [6.45, 7) is 1.30. The van der Waals surface area contributed by atoms with Crippen molar-refractivity contribution in [2.45, 2.75) is 12.6 Å². The summed E-state index contributed by atoms with van der Waals surface area (Å²) in [6, 6.07) is 6.12. The second-order valence-electron chi connectivity index (χ2n) is 6.75. The standard InChI is InChI=1S/C22H21ClF3NO5/c1-29-9-10-31-18-5-4-15(22(24,25)26)13-17(18)27-20(28)6-3-14-11-16(23)21-19(12-14)30-7-2-8-32-21/h3-6,11-13H,2,7-10H2,1H3,(H,27,28). The Hall–Kier alpha value is -2.91. The largest absolute Gasteiger partial charge is 0.489 e. The average Bonchev–Trinajstić information content (AvgIpc) is 2.98. The number of halogens is 4. The Labute approximate surface area is 187 Å². The van der Waals surface area contributed by atoms with Crippen LogP contribution in [0.4, 0.5) is 18.9 Å². The van der Waals surface area contributed by atoms with Gasteiger partial charge in [0, 0.05) is 19.6 Å². The van der Waals surface area contributed by atoms with Crippen LogP contribution in [-0.2, 0) is 15.7 Å². The van der Waals surface area contributed by atoms with Gasteiger partial charge in [-0.05, 0) is 42.0 Å². The number of carbonyl (C=O) groups excluding carboxylic acids is 1. The molecule has 0 radical (unpaired) electrons. The van der Waals surface area contributed by atoms with Crippen molar-refractivity contribution in [2.24, 2.45) is 0 Å². The lowest BCUT2D eigenvalue weighted by Crippen LogP contribution is -2.13. The summed E-state index contributed by atoms with van der Waals surface area (Å²) in [7, 11) is 1.47. The maximum Gasteiger partial charge on any atom is 0.416 e. The predicted octanol–water partition coefficient (Wildman–Crippen LogP) is 5.20. The number of fused-ring (bicyclic) bond motifs is 1. The molecule has 172 valence electrons. The lowest BCUT2D eigenvalue weighted by molar-refractivity contribution is -0.137. The Balaban J connectivity index is 1.78. The zero-order chi connectivity index (χ0) is 23.1. The van der Waals surface area contributed by atoms with Crippen molar-refractivity contribution in [1.82, 2.24) is 0 Å². The number of alkyl halides is 3.